The number of nitrogens with zero attached hydrogens (tertiary/aromatic N) is 2. The minimum absolute atomic E-state index is 0.252. The van der Waals surface area contributed by atoms with Crippen molar-refractivity contribution in [3.8, 4) is 0 Å². The first kappa shape index (κ1) is 12.1. The monoisotopic (exact) mass is 223 g/mol. The number of anilines is 1. The van der Waals surface area contributed by atoms with E-state index in [1.165, 1.54) is 6.92 Å². The van der Waals surface area contributed by atoms with E-state index in [2.05, 4.69) is 10.5 Å². The van der Waals surface area contributed by atoms with Crippen LogP contribution in [0.15, 0.2) is 23.4 Å². The Hall–Kier alpha value is -1.98. The molecule has 0 aliphatic rings. The second kappa shape index (κ2) is 5.20. The van der Waals surface area contributed by atoms with Gasteiger partial charge in [0.05, 0.1) is 6.54 Å². The Labute approximate surface area is 92.8 Å². The van der Waals surface area contributed by atoms with Crippen LogP contribution in [-0.2, 0) is 0 Å². The Morgan fingerprint density at radius 3 is 2.75 bits per heavy atom. The SMILES string of the molecule is Cc1cc(N=O)ccc1NCC(C)[N+](=O)[O-]. The number of hydrogen-bond acceptors (Lipinski definition) is 5. The Kier molecular flexibility index (Phi) is 3.93. The molecule has 0 saturated heterocycles. The molecule has 0 bridgehead atoms. The van der Waals surface area contributed by atoms with Crippen molar-refractivity contribution >= 4 is 11.4 Å². The molecular weight excluding hydrogens is 210 g/mol. The fraction of sp³-hybridized carbons (Fsp3) is 0.400. The molecule has 1 aromatic rings. The lowest BCUT2D eigenvalue weighted by Crippen LogP contribution is -2.24. The molecule has 0 fully saturated rings. The van der Waals surface area contributed by atoms with E-state index in [-0.39, 0.29) is 11.5 Å². The molecule has 1 aromatic carbocycles. The van der Waals surface area contributed by atoms with Gasteiger partial charge in [0, 0.05) is 17.5 Å². The summed E-state index contributed by atoms with van der Waals surface area (Å²) < 4.78 is 0. The summed E-state index contributed by atoms with van der Waals surface area (Å²) in [5.74, 6) is 0. The highest BCUT2D eigenvalue weighted by Gasteiger charge is 2.12. The molecule has 0 heterocycles. The maximum Gasteiger partial charge on any atom is 0.227 e. The molecular formula is C10H13N3O3. The van der Waals surface area contributed by atoms with Crippen LogP contribution in [0.4, 0.5) is 11.4 Å². The van der Waals surface area contributed by atoms with Crippen LogP contribution < -0.4 is 5.32 Å². The summed E-state index contributed by atoms with van der Waals surface area (Å²) in [5, 5.41) is 16.2. The molecule has 0 spiro atoms. The van der Waals surface area contributed by atoms with Crippen LogP contribution in [0, 0.1) is 21.9 Å². The highest BCUT2D eigenvalue weighted by Crippen LogP contribution is 2.21. The van der Waals surface area contributed by atoms with Crippen LogP contribution in [0.3, 0.4) is 0 Å². The van der Waals surface area contributed by atoms with Gasteiger partial charge in [-0.2, -0.15) is 0 Å². The van der Waals surface area contributed by atoms with Crippen LogP contribution >= 0.6 is 0 Å². The summed E-state index contributed by atoms with van der Waals surface area (Å²) in [6.07, 6.45) is 0. The smallest absolute Gasteiger partial charge is 0.227 e. The topological polar surface area (TPSA) is 84.6 Å². The average Bonchev–Trinajstić information content (AvgIpc) is 2.26. The van der Waals surface area contributed by atoms with Gasteiger partial charge in [0.1, 0.15) is 5.69 Å². The average molecular weight is 223 g/mol. The summed E-state index contributed by atoms with van der Waals surface area (Å²) in [5.41, 5.74) is 1.97. The molecule has 1 atom stereocenters. The maximum absolute atomic E-state index is 10.4. The Morgan fingerprint density at radius 2 is 2.25 bits per heavy atom. The number of hydrogen-bond donors (Lipinski definition) is 1. The van der Waals surface area contributed by atoms with Crippen LogP contribution in [0.1, 0.15) is 12.5 Å². The second-order valence-corrected chi connectivity index (χ2v) is 3.61. The van der Waals surface area contributed by atoms with Crippen molar-refractivity contribution in [1.29, 1.82) is 0 Å². The van der Waals surface area contributed by atoms with E-state index >= 15 is 0 Å². The number of nitro groups is 1. The predicted molar refractivity (Wildman–Crippen MR) is 61.6 cm³/mol. The van der Waals surface area contributed by atoms with Crippen molar-refractivity contribution in [2.24, 2.45) is 5.18 Å². The van der Waals surface area contributed by atoms with Gasteiger partial charge in [0.25, 0.3) is 0 Å². The molecule has 0 amide bonds. The van der Waals surface area contributed by atoms with Gasteiger partial charge in [0.15, 0.2) is 0 Å². The van der Waals surface area contributed by atoms with Crippen LogP contribution in [-0.4, -0.2) is 17.5 Å². The van der Waals surface area contributed by atoms with Crippen molar-refractivity contribution in [2.45, 2.75) is 19.9 Å². The van der Waals surface area contributed by atoms with E-state index in [0.717, 1.165) is 11.3 Å². The molecule has 6 nitrogen and oxygen atoms in total. The van der Waals surface area contributed by atoms with Gasteiger partial charge < -0.3 is 5.32 Å². The van der Waals surface area contributed by atoms with Crippen LogP contribution in [0.2, 0.25) is 0 Å². The minimum Gasteiger partial charge on any atom is -0.378 e. The van der Waals surface area contributed by atoms with Gasteiger partial charge >= 0.3 is 0 Å². The quantitative estimate of drug-likeness (QED) is 0.472. The molecule has 1 N–H and O–H groups in total. The number of nitrogens with one attached hydrogen (secondary N) is 1. The normalized spacial score (nSPS) is 11.9. The van der Waals surface area contributed by atoms with Crippen molar-refractivity contribution < 1.29 is 4.92 Å². The third-order valence-corrected chi connectivity index (χ3v) is 2.26. The molecule has 1 unspecified atom stereocenters. The zero-order chi connectivity index (χ0) is 12.1. The fourth-order valence-electron chi connectivity index (χ4n) is 1.24. The van der Waals surface area contributed by atoms with Crippen LogP contribution in [0.5, 0.6) is 0 Å². The zero-order valence-corrected chi connectivity index (χ0v) is 9.14. The van der Waals surface area contributed by atoms with E-state index < -0.39 is 6.04 Å². The van der Waals surface area contributed by atoms with Crippen molar-refractivity contribution in [3.05, 3.63) is 38.8 Å². The Balaban J connectivity index is 2.68. The number of nitroso groups, excluding NO2 is 1. The number of aryl methyl sites for hydroxylation is 1. The molecule has 0 saturated carbocycles. The van der Waals surface area contributed by atoms with Gasteiger partial charge in [-0.1, -0.05) is 0 Å². The van der Waals surface area contributed by atoms with Gasteiger partial charge in [-0.25, -0.2) is 0 Å². The van der Waals surface area contributed by atoms with E-state index in [1.54, 1.807) is 18.2 Å². The van der Waals surface area contributed by atoms with Gasteiger partial charge in [-0.05, 0) is 35.9 Å². The highest BCUT2D eigenvalue weighted by molar-refractivity contribution is 5.57. The summed E-state index contributed by atoms with van der Waals surface area (Å²) >= 11 is 0. The fourth-order valence-corrected chi connectivity index (χ4v) is 1.24. The largest absolute Gasteiger partial charge is 0.378 e. The molecule has 16 heavy (non-hydrogen) atoms. The van der Waals surface area contributed by atoms with Gasteiger partial charge in [-0.15, -0.1) is 4.91 Å². The summed E-state index contributed by atoms with van der Waals surface area (Å²) in [4.78, 5) is 20.3. The van der Waals surface area contributed by atoms with Crippen LogP contribution in [0.25, 0.3) is 0 Å². The Bertz CT molecular complexity index is 406. The van der Waals surface area contributed by atoms with Crippen molar-refractivity contribution in [3.63, 3.8) is 0 Å². The molecule has 86 valence electrons. The number of rotatable bonds is 5. The highest BCUT2D eigenvalue weighted by atomic mass is 16.6. The maximum atomic E-state index is 10.4. The van der Waals surface area contributed by atoms with Gasteiger partial charge in [0.2, 0.25) is 6.04 Å². The van der Waals surface area contributed by atoms with E-state index in [0.29, 0.717) is 5.69 Å². The standard InChI is InChI=1S/C10H13N3O3/c1-7-5-9(12-14)3-4-10(7)11-6-8(2)13(15)16/h3-5,8,11H,6H2,1-2H3. The lowest BCUT2D eigenvalue weighted by Gasteiger charge is -2.10. The summed E-state index contributed by atoms with van der Waals surface area (Å²) in [7, 11) is 0. The molecule has 0 radical (unpaired) electrons. The molecule has 1 rings (SSSR count). The van der Waals surface area contributed by atoms with Crippen molar-refractivity contribution in [2.75, 3.05) is 11.9 Å². The molecule has 0 aromatic heterocycles. The van der Waals surface area contributed by atoms with E-state index in [4.69, 9.17) is 0 Å². The first-order chi connectivity index (χ1) is 7.54. The van der Waals surface area contributed by atoms with Crippen molar-refractivity contribution in [1.82, 2.24) is 0 Å². The summed E-state index contributed by atoms with van der Waals surface area (Å²) in [6, 6.07) is 4.24. The molecule has 6 heteroatoms. The third kappa shape index (κ3) is 3.01. The first-order valence-electron chi connectivity index (χ1n) is 4.86. The van der Waals surface area contributed by atoms with E-state index in [1.807, 2.05) is 6.92 Å². The first-order valence-corrected chi connectivity index (χ1v) is 4.86. The number of benzene rings is 1. The van der Waals surface area contributed by atoms with E-state index in [9.17, 15) is 15.0 Å². The molecule has 0 aliphatic heterocycles. The Morgan fingerprint density at radius 1 is 1.56 bits per heavy atom. The minimum atomic E-state index is -0.650. The predicted octanol–water partition coefficient (Wildman–Crippen LogP) is 2.47. The lowest BCUT2D eigenvalue weighted by atomic mass is 10.1. The zero-order valence-electron chi connectivity index (χ0n) is 9.14. The second-order valence-electron chi connectivity index (χ2n) is 3.61. The summed E-state index contributed by atoms with van der Waals surface area (Å²) in [6.45, 7) is 3.60. The molecule has 0 aliphatic carbocycles. The third-order valence-electron chi connectivity index (χ3n) is 2.26. The lowest BCUT2D eigenvalue weighted by molar-refractivity contribution is -0.514. The van der Waals surface area contributed by atoms with Gasteiger partial charge in [-0.3, -0.25) is 10.1 Å².